The monoisotopic (exact) mass is 277 g/mol. The highest BCUT2D eigenvalue weighted by atomic mass is 79.9. The Balaban J connectivity index is 2.66. The zero-order valence-electron chi connectivity index (χ0n) is 6.57. The molecule has 1 aromatic carbocycles. The van der Waals surface area contributed by atoms with Gasteiger partial charge in [-0.3, -0.25) is 0 Å². The van der Waals surface area contributed by atoms with Gasteiger partial charge in [0.2, 0.25) is 0 Å². The van der Waals surface area contributed by atoms with Gasteiger partial charge in [-0.05, 0) is 12.1 Å². The molecule has 0 aromatic heterocycles. The van der Waals surface area contributed by atoms with Crippen LogP contribution < -0.4 is 5.32 Å². The van der Waals surface area contributed by atoms with E-state index >= 15 is 0 Å². The highest BCUT2D eigenvalue weighted by Gasteiger charge is 2.14. The molecule has 1 aliphatic rings. The molecule has 0 amide bonds. The summed E-state index contributed by atoms with van der Waals surface area (Å²) in [4.78, 5) is 0. The molecule has 1 nitrogen and oxygen atoms in total. The molecular formula is C9H6BrCl2N. The Morgan fingerprint density at radius 2 is 2.08 bits per heavy atom. The van der Waals surface area contributed by atoms with Crippen LogP contribution in [0.5, 0.6) is 0 Å². The first-order valence-corrected chi connectivity index (χ1v) is 5.32. The van der Waals surface area contributed by atoms with E-state index in [-0.39, 0.29) is 0 Å². The van der Waals surface area contributed by atoms with Crippen LogP contribution in [0.3, 0.4) is 0 Å². The van der Waals surface area contributed by atoms with E-state index in [4.69, 9.17) is 23.2 Å². The van der Waals surface area contributed by atoms with Crippen LogP contribution in [0.2, 0.25) is 10.0 Å². The average molecular weight is 279 g/mol. The van der Waals surface area contributed by atoms with Crippen LogP contribution in [-0.2, 0) is 0 Å². The third-order valence-electron chi connectivity index (χ3n) is 1.87. The van der Waals surface area contributed by atoms with Gasteiger partial charge in [-0.2, -0.15) is 0 Å². The maximum atomic E-state index is 6.05. The Hall–Kier alpha value is -0.180. The van der Waals surface area contributed by atoms with E-state index in [9.17, 15) is 0 Å². The fourth-order valence-corrected chi connectivity index (χ4v) is 2.61. The van der Waals surface area contributed by atoms with Gasteiger partial charge in [0.15, 0.2) is 0 Å². The molecule has 13 heavy (non-hydrogen) atoms. The predicted octanol–water partition coefficient (Wildman–Crippen LogP) is 4.15. The summed E-state index contributed by atoms with van der Waals surface area (Å²) in [5, 5.41) is 4.52. The van der Waals surface area contributed by atoms with Gasteiger partial charge in [0.05, 0.1) is 5.02 Å². The highest BCUT2D eigenvalue weighted by molar-refractivity contribution is 9.15. The quantitative estimate of drug-likeness (QED) is 0.752. The van der Waals surface area contributed by atoms with Crippen LogP contribution >= 0.6 is 39.1 Å². The molecule has 0 radical (unpaired) electrons. The summed E-state index contributed by atoms with van der Waals surface area (Å²) in [6.45, 7) is 0.796. The maximum Gasteiger partial charge on any atom is 0.0525 e. The molecule has 0 saturated heterocycles. The topological polar surface area (TPSA) is 12.0 Å². The number of fused-ring (bicyclic) bond motifs is 1. The zero-order valence-corrected chi connectivity index (χ0v) is 9.67. The lowest BCUT2D eigenvalue weighted by Gasteiger charge is -2.17. The van der Waals surface area contributed by atoms with Crippen molar-refractivity contribution < 1.29 is 0 Å². The van der Waals surface area contributed by atoms with Gasteiger partial charge in [-0.15, -0.1) is 0 Å². The van der Waals surface area contributed by atoms with Crippen molar-refractivity contribution in [2.24, 2.45) is 0 Å². The fraction of sp³-hybridized carbons (Fsp3) is 0.111. The number of nitrogens with one attached hydrogen (secondary N) is 1. The van der Waals surface area contributed by atoms with Gasteiger partial charge in [0.25, 0.3) is 0 Å². The molecule has 0 atom stereocenters. The van der Waals surface area contributed by atoms with Crippen molar-refractivity contribution in [3.8, 4) is 0 Å². The highest BCUT2D eigenvalue weighted by Crippen LogP contribution is 2.38. The molecule has 0 aliphatic carbocycles. The van der Waals surface area contributed by atoms with Gasteiger partial charge in [0, 0.05) is 27.3 Å². The normalized spacial score (nSPS) is 14.5. The summed E-state index contributed by atoms with van der Waals surface area (Å²) in [6, 6.07) is 3.61. The number of halogens is 3. The summed E-state index contributed by atoms with van der Waals surface area (Å²) in [7, 11) is 0. The molecule has 0 spiro atoms. The van der Waals surface area contributed by atoms with Crippen LogP contribution in [0.4, 0.5) is 5.69 Å². The van der Waals surface area contributed by atoms with Gasteiger partial charge in [-0.1, -0.05) is 45.2 Å². The predicted molar refractivity (Wildman–Crippen MR) is 61.9 cm³/mol. The lowest BCUT2D eigenvalue weighted by Crippen LogP contribution is -2.06. The van der Waals surface area contributed by atoms with E-state index in [0.29, 0.717) is 10.0 Å². The zero-order chi connectivity index (χ0) is 9.42. The SMILES string of the molecule is Clc1cc(Cl)c2c(c1)NCC=C2Br. The van der Waals surface area contributed by atoms with Crippen LogP contribution in [0.15, 0.2) is 18.2 Å². The van der Waals surface area contributed by atoms with Crippen molar-refractivity contribution in [1.82, 2.24) is 0 Å². The van der Waals surface area contributed by atoms with E-state index in [2.05, 4.69) is 21.2 Å². The Morgan fingerprint density at radius 1 is 1.31 bits per heavy atom. The first-order chi connectivity index (χ1) is 6.18. The van der Waals surface area contributed by atoms with E-state index in [1.807, 2.05) is 12.1 Å². The van der Waals surface area contributed by atoms with Crippen LogP contribution in [0.25, 0.3) is 4.48 Å². The molecule has 0 unspecified atom stereocenters. The van der Waals surface area contributed by atoms with E-state index in [0.717, 1.165) is 22.3 Å². The maximum absolute atomic E-state index is 6.05. The minimum Gasteiger partial charge on any atom is -0.381 e. The van der Waals surface area contributed by atoms with Gasteiger partial charge < -0.3 is 5.32 Å². The number of anilines is 1. The number of benzene rings is 1. The summed E-state index contributed by atoms with van der Waals surface area (Å²) in [5.74, 6) is 0. The second-order valence-corrected chi connectivity index (χ2v) is 4.44. The number of rotatable bonds is 0. The van der Waals surface area contributed by atoms with E-state index in [1.165, 1.54) is 0 Å². The molecule has 1 aliphatic heterocycles. The molecule has 1 N–H and O–H groups in total. The van der Waals surface area contributed by atoms with E-state index < -0.39 is 0 Å². The van der Waals surface area contributed by atoms with Crippen molar-refractivity contribution in [3.05, 3.63) is 33.8 Å². The third-order valence-corrected chi connectivity index (χ3v) is 3.10. The molecular weight excluding hydrogens is 273 g/mol. The second-order valence-electron chi connectivity index (χ2n) is 2.74. The van der Waals surface area contributed by atoms with Gasteiger partial charge >= 0.3 is 0 Å². The average Bonchev–Trinajstić information content (AvgIpc) is 2.02. The Kier molecular flexibility index (Phi) is 2.54. The second kappa shape index (κ2) is 3.52. The van der Waals surface area contributed by atoms with Gasteiger partial charge in [-0.25, -0.2) is 0 Å². The lowest BCUT2D eigenvalue weighted by atomic mass is 10.1. The summed E-state index contributed by atoms with van der Waals surface area (Å²) < 4.78 is 1.02. The smallest absolute Gasteiger partial charge is 0.0525 e. The molecule has 1 aromatic rings. The van der Waals surface area contributed by atoms with E-state index in [1.54, 1.807) is 6.07 Å². The summed E-state index contributed by atoms with van der Waals surface area (Å²) >= 11 is 15.4. The lowest BCUT2D eigenvalue weighted by molar-refractivity contribution is 1.31. The van der Waals surface area contributed by atoms with Crippen molar-refractivity contribution in [2.45, 2.75) is 0 Å². The minimum absolute atomic E-state index is 0.651. The molecule has 2 rings (SSSR count). The fourth-order valence-electron chi connectivity index (χ4n) is 1.31. The van der Waals surface area contributed by atoms with Crippen molar-refractivity contribution in [1.29, 1.82) is 0 Å². The third kappa shape index (κ3) is 1.71. The van der Waals surface area contributed by atoms with Crippen molar-refractivity contribution >= 4 is 49.3 Å². The molecule has 0 fully saturated rings. The van der Waals surface area contributed by atoms with Crippen LogP contribution in [0, 0.1) is 0 Å². The number of hydrogen-bond acceptors (Lipinski definition) is 1. The minimum atomic E-state index is 0.651. The molecule has 0 saturated carbocycles. The van der Waals surface area contributed by atoms with Gasteiger partial charge in [0.1, 0.15) is 0 Å². The van der Waals surface area contributed by atoms with Crippen molar-refractivity contribution in [2.75, 3.05) is 11.9 Å². The number of hydrogen-bond donors (Lipinski definition) is 1. The molecule has 0 bridgehead atoms. The van der Waals surface area contributed by atoms with Crippen LogP contribution in [0.1, 0.15) is 5.56 Å². The van der Waals surface area contributed by atoms with Crippen LogP contribution in [-0.4, -0.2) is 6.54 Å². The van der Waals surface area contributed by atoms with Crippen molar-refractivity contribution in [3.63, 3.8) is 0 Å². The Bertz CT molecular complexity index is 387. The summed E-state index contributed by atoms with van der Waals surface area (Å²) in [5.41, 5.74) is 1.96. The molecule has 68 valence electrons. The standard InChI is InChI=1S/C9H6BrCl2N/c10-6-1-2-13-8-4-5(11)3-7(12)9(6)8/h1,3-4,13H,2H2. The Labute approximate surface area is 94.9 Å². The Morgan fingerprint density at radius 3 is 2.85 bits per heavy atom. The molecule has 1 heterocycles. The molecule has 4 heteroatoms. The first-order valence-electron chi connectivity index (χ1n) is 3.77. The summed E-state index contributed by atoms with van der Waals surface area (Å²) in [6.07, 6.45) is 2.03. The largest absolute Gasteiger partial charge is 0.381 e. The first kappa shape index (κ1) is 9.38.